The van der Waals surface area contributed by atoms with Gasteiger partial charge in [-0.2, -0.15) is 13.2 Å². The van der Waals surface area contributed by atoms with E-state index in [1.54, 1.807) is 0 Å². The molecule has 0 aliphatic heterocycles. The quantitative estimate of drug-likeness (QED) is 0.870. The average molecular weight is 332 g/mol. The van der Waals surface area contributed by atoms with Crippen LogP contribution in [0.3, 0.4) is 0 Å². The van der Waals surface area contributed by atoms with Crippen LogP contribution in [0.2, 0.25) is 5.02 Å². The van der Waals surface area contributed by atoms with Gasteiger partial charge in [0.15, 0.2) is 0 Å². The van der Waals surface area contributed by atoms with Crippen molar-refractivity contribution in [1.29, 1.82) is 0 Å². The largest absolute Gasteiger partial charge is 0.416 e. The maximum atomic E-state index is 12.6. The van der Waals surface area contributed by atoms with Crippen LogP contribution in [0.15, 0.2) is 23.1 Å². The molecular formula is C11H13ClF3NO3S. The van der Waals surface area contributed by atoms with E-state index in [2.05, 4.69) is 4.72 Å². The van der Waals surface area contributed by atoms with E-state index in [9.17, 15) is 21.6 Å². The maximum absolute atomic E-state index is 12.6. The first-order valence-corrected chi connectivity index (χ1v) is 7.44. The van der Waals surface area contributed by atoms with Gasteiger partial charge in [-0.1, -0.05) is 11.6 Å². The Morgan fingerprint density at radius 3 is 2.50 bits per heavy atom. The lowest BCUT2D eigenvalue weighted by Gasteiger charge is -2.15. The van der Waals surface area contributed by atoms with Crippen LogP contribution in [-0.2, 0) is 16.2 Å². The Balaban J connectivity index is 3.18. The van der Waals surface area contributed by atoms with Gasteiger partial charge in [0, 0.05) is 12.6 Å². The van der Waals surface area contributed by atoms with Gasteiger partial charge in [0.1, 0.15) is 4.90 Å². The van der Waals surface area contributed by atoms with Crippen molar-refractivity contribution >= 4 is 21.6 Å². The fraction of sp³-hybridized carbons (Fsp3) is 0.455. The van der Waals surface area contributed by atoms with Gasteiger partial charge in [0.2, 0.25) is 10.0 Å². The molecule has 0 heterocycles. The lowest BCUT2D eigenvalue weighted by molar-refractivity contribution is -0.137. The second kappa shape index (κ2) is 6.30. The Bertz CT molecular complexity index is 575. The fourth-order valence-electron chi connectivity index (χ4n) is 1.47. The number of aliphatic hydroxyl groups is 1. The van der Waals surface area contributed by atoms with Crippen molar-refractivity contribution in [2.45, 2.75) is 30.5 Å². The topological polar surface area (TPSA) is 66.4 Å². The highest BCUT2D eigenvalue weighted by molar-refractivity contribution is 7.89. The van der Waals surface area contributed by atoms with Crippen LogP contribution >= 0.6 is 11.6 Å². The van der Waals surface area contributed by atoms with Crippen LogP contribution in [0.4, 0.5) is 13.2 Å². The third-order valence-corrected chi connectivity index (χ3v) is 4.54. The van der Waals surface area contributed by atoms with Crippen LogP contribution in [0.5, 0.6) is 0 Å². The van der Waals surface area contributed by atoms with Crippen molar-refractivity contribution < 1.29 is 26.7 Å². The molecule has 0 amide bonds. The van der Waals surface area contributed by atoms with E-state index in [4.69, 9.17) is 16.7 Å². The zero-order chi connectivity index (χ0) is 15.6. The molecule has 0 saturated carbocycles. The zero-order valence-electron chi connectivity index (χ0n) is 10.4. The van der Waals surface area contributed by atoms with Crippen molar-refractivity contribution in [3.05, 3.63) is 28.8 Å². The number of sulfonamides is 1. The second-order valence-corrected chi connectivity index (χ2v) is 6.27. The molecule has 1 atom stereocenters. The van der Waals surface area contributed by atoms with Crippen molar-refractivity contribution in [3.63, 3.8) is 0 Å². The van der Waals surface area contributed by atoms with E-state index in [-0.39, 0.29) is 18.1 Å². The third kappa shape index (κ3) is 4.34. The molecule has 1 rings (SSSR count). The molecule has 0 aliphatic carbocycles. The number of alkyl halides is 3. The zero-order valence-corrected chi connectivity index (χ0v) is 12.0. The first-order chi connectivity index (χ1) is 9.08. The molecule has 0 aromatic heterocycles. The summed E-state index contributed by atoms with van der Waals surface area (Å²) in [7, 11) is -4.19. The minimum Gasteiger partial charge on any atom is -0.396 e. The first-order valence-electron chi connectivity index (χ1n) is 5.58. The lowest BCUT2D eigenvalue weighted by atomic mass is 10.2. The van der Waals surface area contributed by atoms with Crippen LogP contribution in [0.1, 0.15) is 18.9 Å². The summed E-state index contributed by atoms with van der Waals surface area (Å²) < 4.78 is 63.8. The molecular weight excluding hydrogens is 319 g/mol. The summed E-state index contributed by atoms with van der Waals surface area (Å²) >= 11 is 5.66. The van der Waals surface area contributed by atoms with Gasteiger partial charge in [0.25, 0.3) is 0 Å². The SMILES string of the molecule is CC(CCO)NS(=O)(=O)c1cc(C(F)(F)F)ccc1Cl. The van der Waals surface area contributed by atoms with E-state index in [0.717, 1.165) is 6.07 Å². The molecule has 0 fully saturated rings. The molecule has 4 nitrogen and oxygen atoms in total. The normalized spacial score (nSPS) is 14.3. The molecule has 0 saturated heterocycles. The highest BCUT2D eigenvalue weighted by atomic mass is 35.5. The molecule has 2 N–H and O–H groups in total. The van der Waals surface area contributed by atoms with E-state index in [1.807, 2.05) is 0 Å². The molecule has 1 aromatic rings. The number of halogens is 4. The van der Waals surface area contributed by atoms with E-state index >= 15 is 0 Å². The number of benzene rings is 1. The minimum absolute atomic E-state index is 0.135. The van der Waals surface area contributed by atoms with Crippen LogP contribution < -0.4 is 4.72 Å². The summed E-state index contributed by atoms with van der Waals surface area (Å²) in [6.45, 7) is 1.23. The predicted molar refractivity (Wildman–Crippen MR) is 67.9 cm³/mol. The third-order valence-electron chi connectivity index (χ3n) is 2.47. The standard InChI is InChI=1S/C11H13ClF3NO3S/c1-7(4-5-17)16-20(18,19)10-6-8(11(13,14)15)2-3-9(10)12/h2-3,6-7,16-17H,4-5H2,1H3. The number of rotatable bonds is 5. The molecule has 0 bridgehead atoms. The Morgan fingerprint density at radius 1 is 1.40 bits per heavy atom. The number of nitrogens with one attached hydrogen (secondary N) is 1. The average Bonchev–Trinajstić information content (AvgIpc) is 2.26. The Labute approximate surface area is 119 Å². The van der Waals surface area contributed by atoms with Gasteiger partial charge in [0.05, 0.1) is 10.6 Å². The molecule has 1 aromatic carbocycles. The van der Waals surface area contributed by atoms with Crippen LogP contribution in [-0.4, -0.2) is 26.2 Å². The molecule has 0 aliphatic rings. The van der Waals surface area contributed by atoms with E-state index in [0.29, 0.717) is 12.1 Å². The Hall–Kier alpha value is -0.830. The summed E-state index contributed by atoms with van der Waals surface area (Å²) in [5, 5.41) is 8.40. The molecule has 0 spiro atoms. The van der Waals surface area contributed by atoms with Crippen LogP contribution in [0, 0.1) is 0 Å². The monoisotopic (exact) mass is 331 g/mol. The predicted octanol–water partition coefficient (Wildman–Crippen LogP) is 2.41. The smallest absolute Gasteiger partial charge is 0.396 e. The summed E-state index contributed by atoms with van der Waals surface area (Å²) in [4.78, 5) is -0.640. The summed E-state index contributed by atoms with van der Waals surface area (Å²) in [6, 6.07) is 1.44. The van der Waals surface area contributed by atoms with Crippen molar-refractivity contribution in [2.75, 3.05) is 6.61 Å². The number of hydrogen-bond donors (Lipinski definition) is 2. The number of hydrogen-bond acceptors (Lipinski definition) is 3. The minimum atomic E-state index is -4.66. The van der Waals surface area contributed by atoms with E-state index < -0.39 is 32.7 Å². The van der Waals surface area contributed by atoms with E-state index in [1.165, 1.54) is 6.92 Å². The fourth-order valence-corrected chi connectivity index (χ4v) is 3.27. The molecule has 0 radical (unpaired) electrons. The molecule has 9 heteroatoms. The highest BCUT2D eigenvalue weighted by Gasteiger charge is 2.32. The van der Waals surface area contributed by atoms with Crippen LogP contribution in [0.25, 0.3) is 0 Å². The van der Waals surface area contributed by atoms with Gasteiger partial charge < -0.3 is 5.11 Å². The van der Waals surface area contributed by atoms with Gasteiger partial charge in [-0.15, -0.1) is 0 Å². The second-order valence-electron chi connectivity index (χ2n) is 4.18. The van der Waals surface area contributed by atoms with Gasteiger partial charge in [-0.3, -0.25) is 0 Å². The van der Waals surface area contributed by atoms with Crippen molar-refractivity contribution in [1.82, 2.24) is 4.72 Å². The Kier molecular flexibility index (Phi) is 5.42. The van der Waals surface area contributed by atoms with Gasteiger partial charge >= 0.3 is 6.18 Å². The van der Waals surface area contributed by atoms with Crippen molar-refractivity contribution in [3.8, 4) is 0 Å². The lowest BCUT2D eigenvalue weighted by Crippen LogP contribution is -2.33. The molecule has 114 valence electrons. The van der Waals surface area contributed by atoms with Gasteiger partial charge in [-0.05, 0) is 31.5 Å². The summed E-state index contributed by atoms with van der Waals surface area (Å²) in [5.74, 6) is 0. The highest BCUT2D eigenvalue weighted by Crippen LogP contribution is 2.33. The Morgan fingerprint density at radius 2 is 2.00 bits per heavy atom. The van der Waals surface area contributed by atoms with Gasteiger partial charge in [-0.25, -0.2) is 13.1 Å². The number of aliphatic hydroxyl groups excluding tert-OH is 1. The van der Waals surface area contributed by atoms with Crippen molar-refractivity contribution in [2.24, 2.45) is 0 Å². The maximum Gasteiger partial charge on any atom is 0.416 e. The first kappa shape index (κ1) is 17.2. The molecule has 1 unspecified atom stereocenters. The summed E-state index contributed by atoms with van der Waals surface area (Å²) in [6.07, 6.45) is -4.53. The molecule has 20 heavy (non-hydrogen) atoms. The summed E-state index contributed by atoms with van der Waals surface area (Å²) in [5.41, 5.74) is -1.10.